The fourth-order valence-corrected chi connectivity index (χ4v) is 3.76. The van der Waals surface area contributed by atoms with Gasteiger partial charge in [0.05, 0.1) is 0 Å². The first-order chi connectivity index (χ1) is 7.43. The van der Waals surface area contributed by atoms with Crippen molar-refractivity contribution >= 4 is 24.1 Å². The van der Waals surface area contributed by atoms with Crippen molar-refractivity contribution in [2.45, 2.75) is 0 Å². The molecule has 0 nitrogen and oxygen atoms in total. The maximum atomic E-state index is 3.50. The molecule has 0 aliphatic carbocycles. The van der Waals surface area contributed by atoms with Gasteiger partial charge in [-0.15, -0.1) is 0 Å². The molecule has 0 amide bonds. The van der Waals surface area contributed by atoms with Gasteiger partial charge in [-0.25, -0.2) is 0 Å². The zero-order chi connectivity index (χ0) is 10.1. The predicted molar refractivity (Wildman–Crippen MR) is 65.2 cm³/mol. The Bertz CT molecular complexity index is 545. The SMILES string of the molecule is [c]1c(-c2ccccc2)[se]c2ccccc12. The molecule has 0 fully saturated rings. The zero-order valence-corrected chi connectivity index (χ0v) is 9.82. The molecule has 3 rings (SSSR count). The van der Waals surface area contributed by atoms with Crippen LogP contribution in [0.5, 0.6) is 0 Å². The summed E-state index contributed by atoms with van der Waals surface area (Å²) in [6, 6.07) is 22.6. The first-order valence-electron chi connectivity index (χ1n) is 4.90. The molecule has 1 heterocycles. The molecule has 0 aliphatic rings. The van der Waals surface area contributed by atoms with E-state index in [1.54, 1.807) is 0 Å². The monoisotopic (exact) mass is 257 g/mol. The molecule has 1 aromatic heterocycles. The Labute approximate surface area is 94.9 Å². The van der Waals surface area contributed by atoms with Crippen LogP contribution in [-0.4, -0.2) is 14.5 Å². The van der Waals surface area contributed by atoms with Gasteiger partial charge in [0.15, 0.2) is 0 Å². The van der Waals surface area contributed by atoms with Gasteiger partial charge in [0.2, 0.25) is 0 Å². The van der Waals surface area contributed by atoms with E-state index in [1.807, 2.05) is 0 Å². The Morgan fingerprint density at radius 1 is 0.800 bits per heavy atom. The minimum absolute atomic E-state index is 0.429. The molecule has 3 aromatic rings. The third-order valence-corrected chi connectivity index (χ3v) is 4.73. The van der Waals surface area contributed by atoms with E-state index in [0.29, 0.717) is 14.5 Å². The van der Waals surface area contributed by atoms with Crippen molar-refractivity contribution in [3.63, 3.8) is 0 Å². The van der Waals surface area contributed by atoms with Crippen LogP contribution in [0.1, 0.15) is 0 Å². The molecule has 0 saturated carbocycles. The first-order valence-corrected chi connectivity index (χ1v) is 6.61. The second-order valence-electron chi connectivity index (χ2n) is 3.42. The molecule has 0 saturated heterocycles. The number of benzene rings is 2. The molecule has 2 aromatic carbocycles. The summed E-state index contributed by atoms with van der Waals surface area (Å²) in [4.78, 5) is 0. The fraction of sp³-hybridized carbons (Fsp3) is 0. The van der Waals surface area contributed by atoms with Crippen LogP contribution >= 0.6 is 0 Å². The summed E-state index contributed by atoms with van der Waals surface area (Å²) in [5, 5.41) is 1.27. The minimum atomic E-state index is 0.429. The average Bonchev–Trinajstić information content (AvgIpc) is 2.74. The van der Waals surface area contributed by atoms with Crippen molar-refractivity contribution in [1.82, 2.24) is 0 Å². The van der Waals surface area contributed by atoms with Gasteiger partial charge in [-0.2, -0.15) is 0 Å². The summed E-state index contributed by atoms with van der Waals surface area (Å²) < 4.78 is 2.81. The number of hydrogen-bond acceptors (Lipinski definition) is 0. The van der Waals surface area contributed by atoms with Gasteiger partial charge in [0.1, 0.15) is 0 Å². The normalized spacial score (nSPS) is 10.7. The molecule has 0 aliphatic heterocycles. The van der Waals surface area contributed by atoms with E-state index in [1.165, 1.54) is 19.6 Å². The summed E-state index contributed by atoms with van der Waals surface area (Å²) in [6.07, 6.45) is 0. The Morgan fingerprint density at radius 2 is 1.53 bits per heavy atom. The van der Waals surface area contributed by atoms with E-state index >= 15 is 0 Å². The molecule has 1 radical (unpaired) electrons. The van der Waals surface area contributed by atoms with Crippen molar-refractivity contribution in [1.29, 1.82) is 0 Å². The topological polar surface area (TPSA) is 0 Å². The molecule has 0 N–H and O–H groups in total. The van der Waals surface area contributed by atoms with E-state index in [2.05, 4.69) is 60.7 Å². The van der Waals surface area contributed by atoms with Crippen LogP contribution in [-0.2, 0) is 0 Å². The summed E-state index contributed by atoms with van der Waals surface area (Å²) in [5.41, 5.74) is 1.31. The Morgan fingerprint density at radius 3 is 2.33 bits per heavy atom. The molecule has 1 heteroatoms. The first kappa shape index (κ1) is 8.96. The Balaban J connectivity index is 2.21. The number of rotatable bonds is 1. The van der Waals surface area contributed by atoms with Gasteiger partial charge in [0.25, 0.3) is 0 Å². The number of fused-ring (bicyclic) bond motifs is 1. The predicted octanol–water partition coefficient (Wildman–Crippen LogP) is 3.36. The van der Waals surface area contributed by atoms with Gasteiger partial charge in [-0.05, 0) is 0 Å². The molecule has 0 atom stereocenters. The Hall–Kier alpha value is -1.30. The van der Waals surface area contributed by atoms with Crippen molar-refractivity contribution in [3.05, 3.63) is 60.7 Å². The van der Waals surface area contributed by atoms with E-state index in [4.69, 9.17) is 0 Å². The van der Waals surface area contributed by atoms with E-state index in [0.717, 1.165) is 0 Å². The quantitative estimate of drug-likeness (QED) is 0.586. The van der Waals surface area contributed by atoms with Crippen molar-refractivity contribution in [2.24, 2.45) is 0 Å². The van der Waals surface area contributed by atoms with Crippen LogP contribution in [0.25, 0.3) is 19.6 Å². The van der Waals surface area contributed by atoms with E-state index in [9.17, 15) is 0 Å². The van der Waals surface area contributed by atoms with Crippen molar-refractivity contribution in [3.8, 4) is 10.0 Å². The van der Waals surface area contributed by atoms with Gasteiger partial charge < -0.3 is 0 Å². The summed E-state index contributed by atoms with van der Waals surface area (Å²) in [7, 11) is 0. The van der Waals surface area contributed by atoms with Crippen molar-refractivity contribution < 1.29 is 0 Å². The standard InChI is InChI=1S/C14H9Se/c1-2-6-11(7-3-1)14-10-12-8-4-5-9-13(12)15-14/h1-9H. The molecular formula is C14H9Se. The van der Waals surface area contributed by atoms with Crippen LogP contribution < -0.4 is 0 Å². The Kier molecular flexibility index (Phi) is 2.21. The second kappa shape index (κ2) is 3.69. The van der Waals surface area contributed by atoms with E-state index in [-0.39, 0.29) is 0 Å². The van der Waals surface area contributed by atoms with Gasteiger partial charge in [-0.1, -0.05) is 0 Å². The third-order valence-electron chi connectivity index (χ3n) is 2.38. The van der Waals surface area contributed by atoms with Gasteiger partial charge >= 0.3 is 94.8 Å². The average molecular weight is 256 g/mol. The van der Waals surface area contributed by atoms with Crippen molar-refractivity contribution in [2.75, 3.05) is 0 Å². The van der Waals surface area contributed by atoms with Crippen LogP contribution in [0.4, 0.5) is 0 Å². The molecule has 71 valence electrons. The number of hydrogen-bond donors (Lipinski definition) is 0. The van der Waals surface area contributed by atoms with Crippen LogP contribution in [0, 0.1) is 6.07 Å². The molecule has 0 spiro atoms. The molecular weight excluding hydrogens is 247 g/mol. The fourth-order valence-electron chi connectivity index (χ4n) is 1.64. The van der Waals surface area contributed by atoms with Crippen LogP contribution in [0.2, 0.25) is 0 Å². The van der Waals surface area contributed by atoms with Gasteiger partial charge in [0, 0.05) is 0 Å². The molecule has 0 bridgehead atoms. The summed E-state index contributed by atoms with van der Waals surface area (Å²) >= 11 is 0.429. The van der Waals surface area contributed by atoms with Gasteiger partial charge in [-0.3, -0.25) is 0 Å². The van der Waals surface area contributed by atoms with E-state index < -0.39 is 0 Å². The maximum absolute atomic E-state index is 3.50. The molecule has 15 heavy (non-hydrogen) atoms. The molecule has 0 unspecified atom stereocenters. The third kappa shape index (κ3) is 1.65. The summed E-state index contributed by atoms with van der Waals surface area (Å²) in [5.74, 6) is 0. The van der Waals surface area contributed by atoms with Crippen LogP contribution in [0.3, 0.4) is 0 Å². The van der Waals surface area contributed by atoms with Crippen LogP contribution in [0.15, 0.2) is 54.6 Å². The zero-order valence-electron chi connectivity index (χ0n) is 8.10. The summed E-state index contributed by atoms with van der Waals surface area (Å²) in [6.45, 7) is 0. The second-order valence-corrected chi connectivity index (χ2v) is 5.63.